The molecular weight excluding hydrogens is 411 g/mol. The van der Waals surface area contributed by atoms with Crippen molar-refractivity contribution in [3.05, 3.63) is 58.7 Å². The Morgan fingerprint density at radius 3 is 2.55 bits per heavy atom. The molecule has 1 heterocycles. The van der Waals surface area contributed by atoms with E-state index in [0.29, 0.717) is 29.9 Å². The van der Waals surface area contributed by atoms with Crippen LogP contribution in [0.1, 0.15) is 65.6 Å². The quantitative estimate of drug-likeness (QED) is 0.552. The smallest absolute Gasteiger partial charge is 0.399 e. The van der Waals surface area contributed by atoms with Crippen LogP contribution < -0.4 is 5.32 Å². The second-order valence-corrected chi connectivity index (χ2v) is 7.34. The van der Waals surface area contributed by atoms with Crippen molar-refractivity contribution in [2.24, 2.45) is 5.16 Å². The van der Waals surface area contributed by atoms with Crippen LogP contribution in [0.4, 0.5) is 13.2 Å². The number of nitrogens with one attached hydrogen (secondary N) is 1. The zero-order valence-corrected chi connectivity index (χ0v) is 17.1. The number of oxime groups is 1. The molecule has 0 spiro atoms. The first-order valence-electron chi connectivity index (χ1n) is 9.45. The molecular formula is C21H20F3N5O2. The lowest BCUT2D eigenvalue weighted by molar-refractivity contribution is -0.137. The molecule has 1 atom stereocenters. The number of benzene rings is 1. The van der Waals surface area contributed by atoms with Crippen LogP contribution in [0, 0.1) is 11.3 Å². The molecule has 31 heavy (non-hydrogen) atoms. The van der Waals surface area contributed by atoms with E-state index in [1.54, 1.807) is 13.8 Å². The third-order valence-corrected chi connectivity index (χ3v) is 5.09. The summed E-state index contributed by atoms with van der Waals surface area (Å²) in [6.45, 7) is 3.29. The fourth-order valence-corrected chi connectivity index (χ4v) is 3.26. The second-order valence-electron chi connectivity index (χ2n) is 7.34. The van der Waals surface area contributed by atoms with Crippen molar-refractivity contribution in [2.75, 3.05) is 7.11 Å². The van der Waals surface area contributed by atoms with Crippen LogP contribution in [0.3, 0.4) is 0 Å². The number of amides is 1. The fraction of sp³-hybridized carbons (Fsp3) is 0.381. The number of halogens is 3. The second kappa shape index (κ2) is 8.34. The summed E-state index contributed by atoms with van der Waals surface area (Å²) in [6.07, 6.45) is -0.827. The van der Waals surface area contributed by atoms with Gasteiger partial charge in [-0.15, -0.1) is 0 Å². The van der Waals surface area contributed by atoms with E-state index >= 15 is 0 Å². The molecule has 0 aliphatic heterocycles. The molecule has 10 heteroatoms. The Bertz CT molecular complexity index is 1070. The van der Waals surface area contributed by atoms with Gasteiger partial charge in [0.05, 0.1) is 28.8 Å². The van der Waals surface area contributed by atoms with Crippen LogP contribution in [0.5, 0.6) is 0 Å². The molecule has 1 aliphatic carbocycles. The topological polar surface area (TPSA) is 100 Å². The van der Waals surface area contributed by atoms with Gasteiger partial charge in [-0.05, 0) is 50.5 Å². The molecule has 2 aromatic rings. The number of hydrogen-bond acceptors (Lipinski definition) is 6. The third-order valence-electron chi connectivity index (χ3n) is 5.09. The number of hydrogen-bond donors (Lipinski definition) is 1. The van der Waals surface area contributed by atoms with E-state index < -0.39 is 29.1 Å². The highest BCUT2D eigenvalue weighted by Crippen LogP contribution is 2.48. The van der Waals surface area contributed by atoms with Crippen molar-refractivity contribution < 1.29 is 22.8 Å². The Hall–Kier alpha value is -3.48. The summed E-state index contributed by atoms with van der Waals surface area (Å²) in [5.74, 6) is -0.716. The fourth-order valence-electron chi connectivity index (χ4n) is 3.26. The van der Waals surface area contributed by atoms with Crippen molar-refractivity contribution in [1.82, 2.24) is 15.3 Å². The molecule has 1 aliphatic rings. The van der Waals surface area contributed by atoms with Crippen LogP contribution in [0.2, 0.25) is 0 Å². The minimum absolute atomic E-state index is 0.175. The maximum Gasteiger partial charge on any atom is 0.416 e. The largest absolute Gasteiger partial charge is 0.416 e. The summed E-state index contributed by atoms with van der Waals surface area (Å²) in [5.41, 5.74) is -0.698. The summed E-state index contributed by atoms with van der Waals surface area (Å²) in [6, 6.07) is 4.47. The molecule has 3 rings (SSSR count). The molecule has 1 N–H and O–H groups in total. The summed E-state index contributed by atoms with van der Waals surface area (Å²) >= 11 is 0. The summed E-state index contributed by atoms with van der Waals surface area (Å²) in [4.78, 5) is 26.0. The average Bonchev–Trinajstić information content (AvgIpc) is 3.54. The van der Waals surface area contributed by atoms with Gasteiger partial charge in [-0.25, -0.2) is 0 Å². The normalized spacial score (nSPS) is 16.2. The Labute approximate surface area is 176 Å². The lowest BCUT2D eigenvalue weighted by atomic mass is 9.93. The van der Waals surface area contributed by atoms with Crippen molar-refractivity contribution >= 4 is 11.6 Å². The maximum absolute atomic E-state index is 13.4. The number of carbonyl (C=O) groups excluding carboxylic acids is 1. The number of rotatable bonds is 6. The van der Waals surface area contributed by atoms with Crippen molar-refractivity contribution in [3.63, 3.8) is 0 Å². The highest BCUT2D eigenvalue weighted by Gasteiger charge is 2.46. The zero-order chi connectivity index (χ0) is 22.8. The van der Waals surface area contributed by atoms with Gasteiger partial charge in [0, 0.05) is 18.0 Å². The van der Waals surface area contributed by atoms with Gasteiger partial charge in [0.15, 0.2) is 0 Å². The van der Waals surface area contributed by atoms with Crippen molar-refractivity contribution in [2.45, 2.75) is 44.3 Å². The lowest BCUT2D eigenvalue weighted by Gasteiger charge is -2.18. The van der Waals surface area contributed by atoms with Crippen LogP contribution in [-0.2, 0) is 16.4 Å². The minimum atomic E-state index is -4.64. The number of alkyl halides is 3. The molecule has 1 aromatic heterocycles. The Morgan fingerprint density at radius 2 is 1.97 bits per heavy atom. The molecule has 0 radical (unpaired) electrons. The number of nitriles is 1. The van der Waals surface area contributed by atoms with Crippen LogP contribution in [0.15, 0.2) is 35.7 Å². The summed E-state index contributed by atoms with van der Waals surface area (Å²) in [5, 5.41) is 15.9. The van der Waals surface area contributed by atoms with Crippen LogP contribution in [-0.4, -0.2) is 28.7 Å². The number of nitrogens with zero attached hydrogens (tertiary/aromatic N) is 4. The van der Waals surface area contributed by atoms with Gasteiger partial charge in [-0.3, -0.25) is 14.8 Å². The van der Waals surface area contributed by atoms with Crippen molar-refractivity contribution in [3.8, 4) is 6.07 Å². The van der Waals surface area contributed by atoms with Gasteiger partial charge in [-0.2, -0.15) is 18.4 Å². The van der Waals surface area contributed by atoms with Crippen LogP contribution >= 0.6 is 0 Å². The molecule has 0 saturated heterocycles. The van der Waals surface area contributed by atoms with E-state index in [4.69, 9.17) is 4.84 Å². The molecule has 1 unspecified atom stereocenters. The first-order chi connectivity index (χ1) is 14.6. The SMILES string of the molecule is CON=C(C)c1nccnc1C(C)NC(=O)c1cc(C(F)(F)F)cc(C2(C#N)CC2)c1. The number of carbonyl (C=O) groups is 1. The molecule has 1 aromatic carbocycles. The van der Waals surface area contributed by atoms with E-state index in [2.05, 4.69) is 26.5 Å². The molecule has 1 fully saturated rings. The predicted octanol–water partition coefficient (Wildman–Crippen LogP) is 3.91. The molecule has 7 nitrogen and oxygen atoms in total. The number of aromatic nitrogens is 2. The van der Waals surface area contributed by atoms with E-state index in [1.165, 1.54) is 25.6 Å². The lowest BCUT2D eigenvalue weighted by Crippen LogP contribution is -2.29. The van der Waals surface area contributed by atoms with Gasteiger partial charge in [0.1, 0.15) is 18.5 Å². The highest BCUT2D eigenvalue weighted by molar-refractivity contribution is 5.98. The summed E-state index contributed by atoms with van der Waals surface area (Å²) < 4.78 is 40.2. The average molecular weight is 431 g/mol. The molecule has 0 bridgehead atoms. The minimum Gasteiger partial charge on any atom is -0.399 e. The van der Waals surface area contributed by atoms with Gasteiger partial charge in [0.2, 0.25) is 0 Å². The van der Waals surface area contributed by atoms with Crippen molar-refractivity contribution in [1.29, 1.82) is 5.26 Å². The summed E-state index contributed by atoms with van der Waals surface area (Å²) in [7, 11) is 1.38. The van der Waals surface area contributed by atoms with Gasteiger partial charge >= 0.3 is 6.18 Å². The zero-order valence-electron chi connectivity index (χ0n) is 17.1. The van der Waals surface area contributed by atoms with Gasteiger partial charge in [0.25, 0.3) is 5.91 Å². The highest BCUT2D eigenvalue weighted by atomic mass is 19.4. The molecule has 162 valence electrons. The van der Waals surface area contributed by atoms with E-state index in [-0.39, 0.29) is 11.1 Å². The van der Waals surface area contributed by atoms with Crippen LogP contribution in [0.25, 0.3) is 0 Å². The third kappa shape index (κ3) is 4.66. The maximum atomic E-state index is 13.4. The van der Waals surface area contributed by atoms with E-state index in [9.17, 15) is 23.2 Å². The first kappa shape index (κ1) is 22.2. The Morgan fingerprint density at radius 1 is 1.29 bits per heavy atom. The standard InChI is InChI=1S/C21H20F3N5O2/c1-12(17-18(13(2)29-31-3)27-7-6-26-17)28-19(30)14-8-15(20(11-25)4-5-20)10-16(9-14)21(22,23)24/h6-10,12H,4-5H2,1-3H3,(H,28,30). The van der Waals surface area contributed by atoms with E-state index in [0.717, 1.165) is 12.1 Å². The predicted molar refractivity (Wildman–Crippen MR) is 105 cm³/mol. The van der Waals surface area contributed by atoms with Gasteiger partial charge < -0.3 is 10.2 Å². The Kier molecular flexibility index (Phi) is 5.97. The molecule has 1 amide bonds. The monoisotopic (exact) mass is 431 g/mol. The molecule has 1 saturated carbocycles. The van der Waals surface area contributed by atoms with Gasteiger partial charge in [-0.1, -0.05) is 5.16 Å². The van der Waals surface area contributed by atoms with E-state index in [1.807, 2.05) is 0 Å². The Balaban J connectivity index is 1.93. The first-order valence-corrected chi connectivity index (χ1v) is 9.45.